The molecule has 0 spiro atoms. The molecule has 1 aromatic carbocycles. The smallest absolute Gasteiger partial charge is 0.159 e. The molecule has 2 aromatic rings. The molecule has 0 bridgehead atoms. The number of hydrogen-bond acceptors (Lipinski definition) is 2. The first-order valence-electron chi connectivity index (χ1n) is 14.2. The average Bonchev–Trinajstić information content (AvgIpc) is 2.85. The second kappa shape index (κ2) is 18.7. The highest BCUT2D eigenvalue weighted by Crippen LogP contribution is 2.18. The summed E-state index contributed by atoms with van der Waals surface area (Å²) in [4.78, 5) is 9.21. The molecule has 0 amide bonds. The Labute approximate surface area is 205 Å². The number of rotatable bonds is 20. The summed E-state index contributed by atoms with van der Waals surface area (Å²) >= 11 is 0. The molecule has 0 unspecified atom stereocenters. The summed E-state index contributed by atoms with van der Waals surface area (Å²) in [7, 11) is 0. The topological polar surface area (TPSA) is 25.8 Å². The third-order valence-electron chi connectivity index (χ3n) is 6.81. The molecule has 0 aliphatic heterocycles. The van der Waals surface area contributed by atoms with Crippen molar-refractivity contribution in [2.24, 2.45) is 0 Å². The molecule has 184 valence electrons. The molecule has 1 heterocycles. The van der Waals surface area contributed by atoms with Crippen LogP contribution in [0.5, 0.6) is 0 Å². The van der Waals surface area contributed by atoms with Crippen LogP contribution in [0.3, 0.4) is 0 Å². The lowest BCUT2D eigenvalue weighted by atomic mass is 10.0. The lowest BCUT2D eigenvalue weighted by Crippen LogP contribution is -1.94. The summed E-state index contributed by atoms with van der Waals surface area (Å²) in [5.74, 6) is 0.847. The Kier molecular flexibility index (Phi) is 15.6. The van der Waals surface area contributed by atoms with Gasteiger partial charge in [0.05, 0.1) is 0 Å². The lowest BCUT2D eigenvalue weighted by molar-refractivity contribution is 0.539. The van der Waals surface area contributed by atoms with Crippen LogP contribution in [0.1, 0.15) is 134 Å². The molecule has 0 aliphatic rings. The lowest BCUT2D eigenvalue weighted by Gasteiger charge is -2.06. The van der Waals surface area contributed by atoms with E-state index in [9.17, 15) is 0 Å². The van der Waals surface area contributed by atoms with Crippen LogP contribution >= 0.6 is 0 Å². The van der Waals surface area contributed by atoms with Gasteiger partial charge in [0.1, 0.15) is 0 Å². The second-order valence-corrected chi connectivity index (χ2v) is 9.92. The van der Waals surface area contributed by atoms with Gasteiger partial charge < -0.3 is 0 Å². The first kappa shape index (κ1) is 27.5. The Hall–Kier alpha value is -1.70. The standard InChI is InChI=1S/C31H50N2/c1-3-5-7-9-10-11-12-13-14-15-16-17-19-20-28-22-24-30(25-23-28)31-32-26-29(27-33-31)21-18-8-6-4-2/h22-27H,3-21H2,1-2H3. The Bertz CT molecular complexity index is 690. The van der Waals surface area contributed by atoms with E-state index in [1.54, 1.807) is 0 Å². The Morgan fingerprint density at radius 3 is 1.33 bits per heavy atom. The molecule has 0 radical (unpaired) electrons. The monoisotopic (exact) mass is 450 g/mol. The van der Waals surface area contributed by atoms with Crippen LogP contribution in [-0.2, 0) is 12.8 Å². The van der Waals surface area contributed by atoms with Crippen LogP contribution in [-0.4, -0.2) is 9.97 Å². The molecule has 2 nitrogen and oxygen atoms in total. The fourth-order valence-corrected chi connectivity index (χ4v) is 4.56. The maximum atomic E-state index is 4.61. The van der Waals surface area contributed by atoms with Gasteiger partial charge in [-0.3, -0.25) is 0 Å². The molecule has 0 N–H and O–H groups in total. The number of unbranched alkanes of at least 4 members (excludes halogenated alkanes) is 15. The fourth-order valence-electron chi connectivity index (χ4n) is 4.56. The molecule has 2 rings (SSSR count). The highest BCUT2D eigenvalue weighted by atomic mass is 14.9. The van der Waals surface area contributed by atoms with Gasteiger partial charge in [-0.2, -0.15) is 0 Å². The van der Waals surface area contributed by atoms with E-state index >= 15 is 0 Å². The maximum absolute atomic E-state index is 4.61. The van der Waals surface area contributed by atoms with Gasteiger partial charge in [0.25, 0.3) is 0 Å². The molecule has 0 saturated heterocycles. The summed E-state index contributed by atoms with van der Waals surface area (Å²) in [5.41, 5.74) is 3.82. The third-order valence-corrected chi connectivity index (χ3v) is 6.81. The van der Waals surface area contributed by atoms with E-state index < -0.39 is 0 Å². The number of benzene rings is 1. The predicted molar refractivity (Wildman–Crippen MR) is 145 cm³/mol. The van der Waals surface area contributed by atoms with Gasteiger partial charge in [0, 0.05) is 18.0 Å². The fraction of sp³-hybridized carbons (Fsp3) is 0.677. The highest BCUT2D eigenvalue weighted by molar-refractivity contribution is 5.55. The number of nitrogens with zero attached hydrogens (tertiary/aromatic N) is 2. The minimum atomic E-state index is 0.847. The van der Waals surface area contributed by atoms with Crippen molar-refractivity contribution in [1.82, 2.24) is 9.97 Å². The van der Waals surface area contributed by atoms with Crippen molar-refractivity contribution in [2.75, 3.05) is 0 Å². The zero-order valence-corrected chi connectivity index (χ0v) is 21.8. The van der Waals surface area contributed by atoms with Gasteiger partial charge in [-0.1, -0.05) is 134 Å². The van der Waals surface area contributed by atoms with Crippen LogP contribution in [0.2, 0.25) is 0 Å². The molecule has 0 fully saturated rings. The SMILES string of the molecule is CCCCCCCCCCCCCCCc1ccc(-c2ncc(CCCCCC)cn2)cc1. The van der Waals surface area contributed by atoms with Gasteiger partial charge in [0.2, 0.25) is 0 Å². The first-order chi connectivity index (χ1) is 16.3. The summed E-state index contributed by atoms with van der Waals surface area (Å²) < 4.78 is 0. The van der Waals surface area contributed by atoms with E-state index in [1.165, 1.54) is 127 Å². The summed E-state index contributed by atoms with van der Waals surface area (Å²) in [6.07, 6.45) is 29.8. The van der Waals surface area contributed by atoms with Gasteiger partial charge in [-0.05, 0) is 36.8 Å². The second-order valence-electron chi connectivity index (χ2n) is 9.92. The van der Waals surface area contributed by atoms with E-state index in [4.69, 9.17) is 0 Å². The largest absolute Gasteiger partial charge is 0.236 e. The van der Waals surface area contributed by atoms with E-state index in [-0.39, 0.29) is 0 Å². The van der Waals surface area contributed by atoms with Crippen molar-refractivity contribution in [3.63, 3.8) is 0 Å². The normalized spacial score (nSPS) is 11.2. The summed E-state index contributed by atoms with van der Waals surface area (Å²) in [5, 5.41) is 0. The van der Waals surface area contributed by atoms with Gasteiger partial charge in [0.15, 0.2) is 5.82 Å². The van der Waals surface area contributed by atoms with Gasteiger partial charge >= 0.3 is 0 Å². The van der Waals surface area contributed by atoms with Crippen molar-refractivity contribution in [2.45, 2.75) is 136 Å². The molecule has 0 saturated carbocycles. The quantitative estimate of drug-likeness (QED) is 0.187. The molecule has 1 aromatic heterocycles. The number of hydrogen-bond donors (Lipinski definition) is 0. The van der Waals surface area contributed by atoms with Crippen LogP contribution in [0.4, 0.5) is 0 Å². The molecule has 0 atom stereocenters. The zero-order chi connectivity index (χ0) is 23.4. The van der Waals surface area contributed by atoms with E-state index in [0.717, 1.165) is 17.8 Å². The third kappa shape index (κ3) is 12.9. The van der Waals surface area contributed by atoms with E-state index in [2.05, 4.69) is 48.1 Å². The summed E-state index contributed by atoms with van der Waals surface area (Å²) in [6, 6.07) is 8.90. The van der Waals surface area contributed by atoms with Crippen molar-refractivity contribution >= 4 is 0 Å². The molecule has 0 aliphatic carbocycles. The summed E-state index contributed by atoms with van der Waals surface area (Å²) in [6.45, 7) is 4.55. The van der Waals surface area contributed by atoms with Crippen LogP contribution in [0, 0.1) is 0 Å². The van der Waals surface area contributed by atoms with Crippen LogP contribution in [0.25, 0.3) is 11.4 Å². The van der Waals surface area contributed by atoms with Crippen molar-refractivity contribution in [3.05, 3.63) is 47.8 Å². The molecular weight excluding hydrogens is 400 g/mol. The molecular formula is C31H50N2. The van der Waals surface area contributed by atoms with Crippen LogP contribution < -0.4 is 0 Å². The highest BCUT2D eigenvalue weighted by Gasteiger charge is 2.03. The van der Waals surface area contributed by atoms with Crippen LogP contribution in [0.15, 0.2) is 36.7 Å². The van der Waals surface area contributed by atoms with Crippen molar-refractivity contribution < 1.29 is 0 Å². The van der Waals surface area contributed by atoms with Crippen molar-refractivity contribution in [3.8, 4) is 11.4 Å². The van der Waals surface area contributed by atoms with E-state index in [0.29, 0.717) is 0 Å². The first-order valence-corrected chi connectivity index (χ1v) is 14.2. The zero-order valence-electron chi connectivity index (χ0n) is 21.8. The Morgan fingerprint density at radius 1 is 0.455 bits per heavy atom. The average molecular weight is 451 g/mol. The van der Waals surface area contributed by atoms with Crippen molar-refractivity contribution in [1.29, 1.82) is 0 Å². The van der Waals surface area contributed by atoms with E-state index in [1.807, 2.05) is 12.4 Å². The minimum absolute atomic E-state index is 0.847. The Morgan fingerprint density at radius 2 is 0.848 bits per heavy atom. The predicted octanol–water partition coefficient (Wildman–Crippen LogP) is 9.90. The maximum Gasteiger partial charge on any atom is 0.159 e. The molecule has 2 heteroatoms. The van der Waals surface area contributed by atoms with Gasteiger partial charge in [-0.15, -0.1) is 0 Å². The Balaban J connectivity index is 1.52. The van der Waals surface area contributed by atoms with Gasteiger partial charge in [-0.25, -0.2) is 9.97 Å². The number of aromatic nitrogens is 2. The molecule has 33 heavy (non-hydrogen) atoms. The number of aryl methyl sites for hydroxylation is 2. The minimum Gasteiger partial charge on any atom is -0.236 e.